The van der Waals surface area contributed by atoms with Gasteiger partial charge in [-0.1, -0.05) is 38.5 Å². The van der Waals surface area contributed by atoms with Crippen molar-refractivity contribution >= 4 is 0 Å². The van der Waals surface area contributed by atoms with Gasteiger partial charge in [0.05, 0.1) is 0 Å². The van der Waals surface area contributed by atoms with Crippen LogP contribution in [0, 0.1) is 6.92 Å². The number of hydrogen-bond acceptors (Lipinski definition) is 0. The standard InChI is InChI=1S/C12H18/c1-4-6-12-8-7-11(5-2)9-10(12)3/h7-9H,4-6H2,1-3H3. The molecule has 0 heteroatoms. The molecule has 1 rings (SSSR count). The second-order valence-electron chi connectivity index (χ2n) is 3.36. The van der Waals surface area contributed by atoms with Crippen molar-refractivity contribution in [3.05, 3.63) is 34.9 Å². The molecule has 0 N–H and O–H groups in total. The van der Waals surface area contributed by atoms with E-state index in [0.29, 0.717) is 0 Å². The molecule has 66 valence electrons. The lowest BCUT2D eigenvalue weighted by Crippen LogP contribution is -1.90. The summed E-state index contributed by atoms with van der Waals surface area (Å²) in [6.07, 6.45) is 3.61. The highest BCUT2D eigenvalue weighted by atomic mass is 14.0. The summed E-state index contributed by atoms with van der Waals surface area (Å²) in [5, 5.41) is 0. The summed E-state index contributed by atoms with van der Waals surface area (Å²) >= 11 is 0. The Bertz CT molecular complexity index is 248. The molecule has 0 unspecified atom stereocenters. The van der Waals surface area contributed by atoms with Crippen LogP contribution in [0.25, 0.3) is 0 Å². The minimum Gasteiger partial charge on any atom is -0.0651 e. The van der Waals surface area contributed by atoms with Crippen molar-refractivity contribution in [3.63, 3.8) is 0 Å². The monoisotopic (exact) mass is 162 g/mol. The van der Waals surface area contributed by atoms with Gasteiger partial charge >= 0.3 is 0 Å². The summed E-state index contributed by atoms with van der Waals surface area (Å²) < 4.78 is 0. The summed E-state index contributed by atoms with van der Waals surface area (Å²) in [6.45, 7) is 6.64. The fourth-order valence-electron chi connectivity index (χ4n) is 1.53. The predicted octanol–water partition coefficient (Wildman–Crippen LogP) is 3.51. The molecule has 0 heterocycles. The van der Waals surface area contributed by atoms with E-state index in [1.165, 1.54) is 29.5 Å². The molecular weight excluding hydrogens is 144 g/mol. The van der Waals surface area contributed by atoms with E-state index in [2.05, 4.69) is 39.0 Å². The van der Waals surface area contributed by atoms with Gasteiger partial charge < -0.3 is 0 Å². The first-order valence-corrected chi connectivity index (χ1v) is 4.86. The predicted molar refractivity (Wildman–Crippen MR) is 54.6 cm³/mol. The molecular formula is C12H18. The van der Waals surface area contributed by atoms with E-state index in [9.17, 15) is 0 Å². The molecule has 12 heavy (non-hydrogen) atoms. The van der Waals surface area contributed by atoms with Crippen molar-refractivity contribution in [1.29, 1.82) is 0 Å². The van der Waals surface area contributed by atoms with Crippen LogP contribution in [0.2, 0.25) is 0 Å². The van der Waals surface area contributed by atoms with Gasteiger partial charge in [-0.2, -0.15) is 0 Å². The third-order valence-corrected chi connectivity index (χ3v) is 2.33. The highest BCUT2D eigenvalue weighted by Gasteiger charge is 1.97. The van der Waals surface area contributed by atoms with Crippen molar-refractivity contribution in [1.82, 2.24) is 0 Å². The lowest BCUT2D eigenvalue weighted by molar-refractivity contribution is 0.910. The van der Waals surface area contributed by atoms with Crippen LogP contribution in [0.4, 0.5) is 0 Å². The summed E-state index contributed by atoms with van der Waals surface area (Å²) in [6, 6.07) is 6.83. The fourth-order valence-corrected chi connectivity index (χ4v) is 1.53. The fraction of sp³-hybridized carbons (Fsp3) is 0.500. The maximum absolute atomic E-state index is 2.31. The summed E-state index contributed by atoms with van der Waals surface area (Å²) in [7, 11) is 0. The Morgan fingerprint density at radius 2 is 1.92 bits per heavy atom. The highest BCUT2D eigenvalue weighted by Crippen LogP contribution is 2.13. The van der Waals surface area contributed by atoms with Crippen LogP contribution < -0.4 is 0 Å². The van der Waals surface area contributed by atoms with Gasteiger partial charge in [0.1, 0.15) is 0 Å². The zero-order valence-corrected chi connectivity index (χ0v) is 8.35. The number of rotatable bonds is 3. The molecule has 0 saturated carbocycles. The van der Waals surface area contributed by atoms with Gasteiger partial charge in [0.2, 0.25) is 0 Å². The molecule has 1 aromatic carbocycles. The van der Waals surface area contributed by atoms with Crippen molar-refractivity contribution < 1.29 is 0 Å². The Morgan fingerprint density at radius 3 is 2.42 bits per heavy atom. The van der Waals surface area contributed by atoms with Gasteiger partial charge in [-0.3, -0.25) is 0 Å². The normalized spacial score (nSPS) is 10.2. The van der Waals surface area contributed by atoms with Gasteiger partial charge in [-0.25, -0.2) is 0 Å². The maximum Gasteiger partial charge on any atom is -0.0279 e. The summed E-state index contributed by atoms with van der Waals surface area (Å²) in [4.78, 5) is 0. The number of benzene rings is 1. The molecule has 0 aliphatic carbocycles. The average Bonchev–Trinajstić information content (AvgIpc) is 2.09. The Hall–Kier alpha value is -0.780. The van der Waals surface area contributed by atoms with Crippen LogP contribution >= 0.6 is 0 Å². The quantitative estimate of drug-likeness (QED) is 0.638. The Balaban J connectivity index is 2.87. The lowest BCUT2D eigenvalue weighted by Gasteiger charge is -2.05. The molecule has 0 nitrogen and oxygen atoms in total. The largest absolute Gasteiger partial charge is 0.0651 e. The molecule has 0 bridgehead atoms. The Kier molecular flexibility index (Phi) is 3.33. The molecule has 0 amide bonds. The van der Waals surface area contributed by atoms with Gasteiger partial charge in [0, 0.05) is 0 Å². The van der Waals surface area contributed by atoms with Gasteiger partial charge in [0.25, 0.3) is 0 Å². The second-order valence-corrected chi connectivity index (χ2v) is 3.36. The molecule has 0 saturated heterocycles. The molecule has 0 radical (unpaired) electrons. The van der Waals surface area contributed by atoms with E-state index in [-0.39, 0.29) is 0 Å². The summed E-state index contributed by atoms with van der Waals surface area (Å²) in [5.41, 5.74) is 4.42. The van der Waals surface area contributed by atoms with E-state index in [1.54, 1.807) is 0 Å². The van der Waals surface area contributed by atoms with Crippen LogP contribution in [-0.2, 0) is 12.8 Å². The molecule has 0 aromatic heterocycles. The van der Waals surface area contributed by atoms with Crippen LogP contribution in [-0.4, -0.2) is 0 Å². The molecule has 0 aliphatic heterocycles. The van der Waals surface area contributed by atoms with Crippen LogP contribution in [0.15, 0.2) is 18.2 Å². The summed E-state index contributed by atoms with van der Waals surface area (Å²) in [5.74, 6) is 0. The maximum atomic E-state index is 2.31. The van der Waals surface area contributed by atoms with Crippen molar-refractivity contribution in [2.75, 3.05) is 0 Å². The second kappa shape index (κ2) is 4.30. The zero-order chi connectivity index (χ0) is 8.97. The highest BCUT2D eigenvalue weighted by molar-refractivity contribution is 5.31. The van der Waals surface area contributed by atoms with E-state index in [4.69, 9.17) is 0 Å². The van der Waals surface area contributed by atoms with E-state index >= 15 is 0 Å². The molecule has 0 spiro atoms. The number of aryl methyl sites for hydroxylation is 3. The first kappa shape index (κ1) is 9.31. The van der Waals surface area contributed by atoms with Crippen LogP contribution in [0.1, 0.15) is 37.0 Å². The van der Waals surface area contributed by atoms with E-state index in [0.717, 1.165) is 6.42 Å². The van der Waals surface area contributed by atoms with Crippen molar-refractivity contribution in [3.8, 4) is 0 Å². The minimum atomic E-state index is 1.15. The van der Waals surface area contributed by atoms with Crippen LogP contribution in [0.3, 0.4) is 0 Å². The Labute approximate surface area is 75.6 Å². The third-order valence-electron chi connectivity index (χ3n) is 2.33. The first-order valence-electron chi connectivity index (χ1n) is 4.86. The van der Waals surface area contributed by atoms with Gasteiger partial charge in [-0.05, 0) is 36.5 Å². The molecule has 0 atom stereocenters. The van der Waals surface area contributed by atoms with Crippen molar-refractivity contribution in [2.45, 2.75) is 40.0 Å². The van der Waals surface area contributed by atoms with E-state index < -0.39 is 0 Å². The third kappa shape index (κ3) is 2.10. The molecule has 1 aromatic rings. The van der Waals surface area contributed by atoms with Gasteiger partial charge in [0.15, 0.2) is 0 Å². The van der Waals surface area contributed by atoms with Gasteiger partial charge in [-0.15, -0.1) is 0 Å². The molecule has 0 aliphatic rings. The first-order chi connectivity index (χ1) is 5.77. The topological polar surface area (TPSA) is 0 Å². The molecule has 0 fully saturated rings. The van der Waals surface area contributed by atoms with E-state index in [1.807, 2.05) is 0 Å². The number of hydrogen-bond donors (Lipinski definition) is 0. The SMILES string of the molecule is CCCc1ccc(CC)cc1C. The van der Waals surface area contributed by atoms with Crippen LogP contribution in [0.5, 0.6) is 0 Å². The zero-order valence-electron chi connectivity index (χ0n) is 8.35. The smallest absolute Gasteiger partial charge is 0.0279 e. The lowest BCUT2D eigenvalue weighted by atomic mass is 10.0. The Morgan fingerprint density at radius 1 is 1.17 bits per heavy atom. The minimum absolute atomic E-state index is 1.15. The van der Waals surface area contributed by atoms with Crippen molar-refractivity contribution in [2.24, 2.45) is 0 Å². The average molecular weight is 162 g/mol.